The minimum Gasteiger partial charge on any atom is -0.482 e. The van der Waals surface area contributed by atoms with Crippen molar-refractivity contribution in [1.29, 1.82) is 0 Å². The lowest BCUT2D eigenvalue weighted by Crippen LogP contribution is -2.64. The van der Waals surface area contributed by atoms with Crippen LogP contribution < -0.4 is 20.2 Å². The number of amides is 2. The zero-order valence-corrected chi connectivity index (χ0v) is 23.3. The lowest BCUT2D eigenvalue weighted by atomic mass is 9.53. The zero-order chi connectivity index (χ0) is 27.3. The van der Waals surface area contributed by atoms with Crippen LogP contribution in [0.4, 0.5) is 4.79 Å². The zero-order valence-electron chi connectivity index (χ0n) is 23.3. The second-order valence-corrected chi connectivity index (χ2v) is 12.5. The van der Waals surface area contributed by atoms with Gasteiger partial charge in [0.15, 0.2) is 11.5 Å². The molecule has 3 N–H and O–H groups in total. The lowest BCUT2D eigenvalue weighted by molar-refractivity contribution is -0.128. The van der Waals surface area contributed by atoms with Gasteiger partial charge in [-0.05, 0) is 63.2 Å². The van der Waals surface area contributed by atoms with Crippen LogP contribution in [0.25, 0.3) is 0 Å². The third-order valence-electron chi connectivity index (χ3n) is 9.53. The average molecular weight is 539 g/mol. The number of carbonyl (C=O) groups is 2. The number of likely N-dealkylation sites (N-methyl/N-ethyl adjacent to an activating group) is 1. The quantitative estimate of drug-likeness (QED) is 0.479. The van der Waals surface area contributed by atoms with E-state index in [4.69, 9.17) is 9.47 Å². The second-order valence-electron chi connectivity index (χ2n) is 12.5. The van der Waals surface area contributed by atoms with Gasteiger partial charge < -0.3 is 24.8 Å². The highest BCUT2D eigenvalue weighted by molar-refractivity contribution is 5.86. The molecule has 1 aromatic carbocycles. The van der Waals surface area contributed by atoms with Gasteiger partial charge in [0.1, 0.15) is 18.2 Å². The minimum absolute atomic E-state index is 0.209. The van der Waals surface area contributed by atoms with Gasteiger partial charge in [-0.15, -0.1) is 0 Å². The molecule has 2 aliphatic carbocycles. The minimum atomic E-state index is -0.719. The Morgan fingerprint density at radius 2 is 1.92 bits per heavy atom. The van der Waals surface area contributed by atoms with E-state index in [9.17, 15) is 14.7 Å². The first kappa shape index (κ1) is 26.6. The molecule has 212 valence electrons. The highest BCUT2D eigenvalue weighted by atomic mass is 16.6. The lowest BCUT2D eigenvalue weighted by Gasteiger charge is -2.56. The van der Waals surface area contributed by atoms with Crippen molar-refractivity contribution in [3.05, 3.63) is 35.4 Å². The molecule has 3 heterocycles. The number of aliphatic hydroxyl groups excluding tert-OH is 1. The number of piperidine rings is 1. The Bertz CT molecular complexity index is 1150. The summed E-state index contributed by atoms with van der Waals surface area (Å²) in [4.78, 5) is 28.8. The number of benzene rings is 1. The summed E-state index contributed by atoms with van der Waals surface area (Å²) in [6.45, 7) is 6.63. The predicted molar refractivity (Wildman–Crippen MR) is 146 cm³/mol. The van der Waals surface area contributed by atoms with Crippen molar-refractivity contribution in [1.82, 2.24) is 20.7 Å². The Labute approximate surface area is 230 Å². The van der Waals surface area contributed by atoms with E-state index in [-0.39, 0.29) is 23.2 Å². The molecule has 2 amide bonds. The van der Waals surface area contributed by atoms with Crippen molar-refractivity contribution in [3.8, 4) is 11.5 Å². The van der Waals surface area contributed by atoms with Gasteiger partial charge in [0, 0.05) is 36.0 Å². The summed E-state index contributed by atoms with van der Waals surface area (Å²) in [7, 11) is 2.17. The van der Waals surface area contributed by atoms with Gasteiger partial charge in [-0.25, -0.2) is 9.80 Å². The number of rotatable bonds is 6. The number of ether oxygens (including phenoxy) is 2. The van der Waals surface area contributed by atoms with Gasteiger partial charge in [-0.3, -0.25) is 10.2 Å². The molecular weight excluding hydrogens is 496 g/mol. The maximum Gasteiger partial charge on any atom is 0.413 e. The Morgan fingerprint density at radius 1 is 1.15 bits per heavy atom. The molecule has 9 nitrogen and oxygen atoms in total. The van der Waals surface area contributed by atoms with Crippen LogP contribution >= 0.6 is 0 Å². The number of aliphatic hydroxyl groups is 1. The van der Waals surface area contributed by atoms with Crippen LogP contribution in [-0.4, -0.2) is 78.0 Å². The summed E-state index contributed by atoms with van der Waals surface area (Å²) in [6.07, 6.45) is 8.95. The van der Waals surface area contributed by atoms with Gasteiger partial charge in [-0.2, -0.15) is 0 Å². The molecular formula is C30H42N4O5. The maximum atomic E-state index is 13.2. The number of hydrogen-bond acceptors (Lipinski definition) is 7. The van der Waals surface area contributed by atoms with E-state index in [0.29, 0.717) is 24.0 Å². The average Bonchev–Trinajstić information content (AvgIpc) is 3.04. The molecule has 2 saturated heterocycles. The maximum absolute atomic E-state index is 13.2. The smallest absolute Gasteiger partial charge is 0.413 e. The second kappa shape index (κ2) is 10.4. The van der Waals surface area contributed by atoms with Crippen LogP contribution in [0.3, 0.4) is 0 Å². The Hall–Kier alpha value is -2.62. The summed E-state index contributed by atoms with van der Waals surface area (Å²) >= 11 is 0. The Balaban J connectivity index is 1.22. The first-order valence-corrected chi connectivity index (χ1v) is 14.7. The molecule has 39 heavy (non-hydrogen) atoms. The normalized spacial score (nSPS) is 32.1. The predicted octanol–water partition coefficient (Wildman–Crippen LogP) is 2.90. The third kappa shape index (κ3) is 4.62. The van der Waals surface area contributed by atoms with Crippen molar-refractivity contribution < 1.29 is 24.2 Å². The van der Waals surface area contributed by atoms with Gasteiger partial charge in [-0.1, -0.05) is 44.9 Å². The summed E-state index contributed by atoms with van der Waals surface area (Å²) < 4.78 is 12.3. The van der Waals surface area contributed by atoms with E-state index in [2.05, 4.69) is 28.8 Å². The van der Waals surface area contributed by atoms with E-state index >= 15 is 0 Å². The van der Waals surface area contributed by atoms with Gasteiger partial charge in [0.05, 0.1) is 0 Å². The third-order valence-corrected chi connectivity index (χ3v) is 9.53. The summed E-state index contributed by atoms with van der Waals surface area (Å²) in [5.74, 6) is 1.14. The van der Waals surface area contributed by atoms with Crippen LogP contribution in [-0.2, 0) is 16.6 Å². The number of hydrazine groups is 1. The van der Waals surface area contributed by atoms with E-state index in [1.165, 1.54) is 18.4 Å². The Kier molecular flexibility index (Phi) is 7.10. The summed E-state index contributed by atoms with van der Waals surface area (Å²) in [5.41, 5.74) is 4.99. The SMILES string of the molecule is CC(C)CC(NC(=O)Oc1ccc2c3c1O[C@H]1[C@@H](O)C=CC4C(C2)N(C)CC[C@@]341)C(=O)NN1CCCCCC1. The molecule has 5 aliphatic rings. The highest BCUT2D eigenvalue weighted by Gasteiger charge is 2.64. The molecule has 3 aliphatic heterocycles. The van der Waals surface area contributed by atoms with Crippen LogP contribution in [0.5, 0.6) is 11.5 Å². The van der Waals surface area contributed by atoms with Gasteiger partial charge in [0.2, 0.25) is 0 Å². The first-order chi connectivity index (χ1) is 18.8. The molecule has 2 bridgehead atoms. The van der Waals surface area contributed by atoms with Crippen molar-refractivity contribution in [3.63, 3.8) is 0 Å². The molecule has 1 spiro atoms. The molecule has 2 fully saturated rings. The number of hydrogen-bond donors (Lipinski definition) is 3. The van der Waals surface area contributed by atoms with E-state index in [1.807, 2.05) is 31.0 Å². The van der Waals surface area contributed by atoms with Crippen LogP contribution in [0.1, 0.15) is 63.5 Å². The molecule has 6 rings (SSSR count). The molecule has 6 atom stereocenters. The molecule has 0 saturated carbocycles. The number of carbonyl (C=O) groups excluding carboxylic acids is 2. The highest BCUT2D eigenvalue weighted by Crippen LogP contribution is 2.62. The summed E-state index contributed by atoms with van der Waals surface area (Å²) in [6, 6.07) is 3.48. The van der Waals surface area contributed by atoms with Gasteiger partial charge in [0.25, 0.3) is 5.91 Å². The monoisotopic (exact) mass is 538 g/mol. The molecule has 1 aromatic rings. The van der Waals surface area contributed by atoms with E-state index in [0.717, 1.165) is 50.9 Å². The van der Waals surface area contributed by atoms with Crippen molar-refractivity contribution in [2.45, 2.75) is 88.5 Å². The van der Waals surface area contributed by atoms with Crippen molar-refractivity contribution in [2.24, 2.45) is 11.8 Å². The summed E-state index contributed by atoms with van der Waals surface area (Å²) in [5, 5.41) is 15.7. The first-order valence-electron chi connectivity index (χ1n) is 14.7. The van der Waals surface area contributed by atoms with Gasteiger partial charge >= 0.3 is 6.09 Å². The number of likely N-dealkylation sites (tertiary alicyclic amines) is 1. The van der Waals surface area contributed by atoms with Crippen LogP contribution in [0.15, 0.2) is 24.3 Å². The van der Waals surface area contributed by atoms with Crippen LogP contribution in [0, 0.1) is 11.8 Å². The fourth-order valence-electron chi connectivity index (χ4n) is 7.70. The fourth-order valence-corrected chi connectivity index (χ4v) is 7.70. The molecule has 0 radical (unpaired) electrons. The topological polar surface area (TPSA) is 103 Å². The fraction of sp³-hybridized carbons (Fsp3) is 0.667. The van der Waals surface area contributed by atoms with Crippen molar-refractivity contribution in [2.75, 3.05) is 26.7 Å². The standard InChI is InChI=1S/C30H42N4O5/c1-18(2)16-21(28(36)32-34-13-6-4-5-7-14-34)31-29(37)38-24-11-8-19-17-22-20-9-10-23(35)27-30(20,12-15-33(22)3)25(19)26(24)39-27/h8-11,18,20-23,27,35H,4-7,12-17H2,1-3H3,(H,31,37)(H,32,36)/t20?,21?,22?,23-,27-,30-/m0/s1. The largest absolute Gasteiger partial charge is 0.482 e. The number of nitrogens with one attached hydrogen (secondary N) is 2. The van der Waals surface area contributed by atoms with E-state index < -0.39 is 24.3 Å². The van der Waals surface area contributed by atoms with Crippen molar-refractivity contribution >= 4 is 12.0 Å². The molecule has 9 heteroatoms. The number of nitrogens with zero attached hydrogens (tertiary/aromatic N) is 2. The van der Waals surface area contributed by atoms with Crippen LogP contribution in [0.2, 0.25) is 0 Å². The molecule has 0 aromatic heterocycles. The molecule has 3 unspecified atom stereocenters. The van der Waals surface area contributed by atoms with E-state index in [1.54, 1.807) is 6.07 Å². The Morgan fingerprint density at radius 3 is 2.67 bits per heavy atom.